The van der Waals surface area contributed by atoms with Crippen LogP contribution < -0.4 is 0 Å². The molecule has 0 unspecified atom stereocenters. The minimum absolute atomic E-state index is 0.315. The third-order valence-corrected chi connectivity index (χ3v) is 3.79. The summed E-state index contributed by atoms with van der Waals surface area (Å²) < 4.78 is 5.38. The molecule has 0 saturated carbocycles. The first-order valence-electron chi connectivity index (χ1n) is 6.41. The van der Waals surface area contributed by atoms with E-state index in [0.717, 1.165) is 24.8 Å². The van der Waals surface area contributed by atoms with Crippen LogP contribution in [-0.4, -0.2) is 35.2 Å². The van der Waals surface area contributed by atoms with Crippen molar-refractivity contribution in [2.75, 3.05) is 19.0 Å². The molecule has 0 radical (unpaired) electrons. The summed E-state index contributed by atoms with van der Waals surface area (Å²) in [4.78, 5) is 22.4. The molecule has 0 aliphatic carbocycles. The highest BCUT2D eigenvalue weighted by Gasteiger charge is 2.35. The van der Waals surface area contributed by atoms with Crippen LogP contribution in [0.2, 0.25) is 0 Å². The summed E-state index contributed by atoms with van der Waals surface area (Å²) >= 11 is 1.04. The quantitative estimate of drug-likeness (QED) is 0.491. The van der Waals surface area contributed by atoms with Gasteiger partial charge < -0.3 is 9.84 Å². The molecule has 1 N–H and O–H groups in total. The first-order valence-corrected chi connectivity index (χ1v) is 7.39. The fraction of sp³-hybridized carbons (Fsp3) is 0.846. The summed E-state index contributed by atoms with van der Waals surface area (Å²) in [7, 11) is 0. The summed E-state index contributed by atoms with van der Waals surface area (Å²) in [6, 6.07) is 0. The van der Waals surface area contributed by atoms with Crippen molar-refractivity contribution in [1.29, 1.82) is 0 Å². The summed E-state index contributed by atoms with van der Waals surface area (Å²) in [6.45, 7) is 6.23. The van der Waals surface area contributed by atoms with E-state index in [4.69, 9.17) is 9.84 Å². The first kappa shape index (κ1) is 17.4. The zero-order valence-electron chi connectivity index (χ0n) is 11.5. The van der Waals surface area contributed by atoms with E-state index in [1.807, 2.05) is 0 Å². The molecule has 0 aliphatic rings. The Morgan fingerprint density at radius 2 is 1.83 bits per heavy atom. The molecule has 0 saturated heterocycles. The topological polar surface area (TPSA) is 63.6 Å². The number of thioether (sulfide) groups is 1. The van der Waals surface area contributed by atoms with Crippen LogP contribution in [-0.2, 0) is 14.3 Å². The monoisotopic (exact) mass is 276 g/mol. The van der Waals surface area contributed by atoms with E-state index in [9.17, 15) is 9.59 Å². The van der Waals surface area contributed by atoms with Crippen LogP contribution in [0.3, 0.4) is 0 Å². The Morgan fingerprint density at radius 1 is 1.17 bits per heavy atom. The van der Waals surface area contributed by atoms with E-state index in [1.54, 1.807) is 0 Å². The maximum absolute atomic E-state index is 11.6. The molecule has 0 aromatic heterocycles. The van der Waals surface area contributed by atoms with Gasteiger partial charge in [0, 0.05) is 12.4 Å². The average molecular weight is 276 g/mol. The molecule has 0 atom stereocenters. The van der Waals surface area contributed by atoms with Crippen LogP contribution in [0.1, 0.15) is 46.5 Å². The van der Waals surface area contributed by atoms with Crippen molar-refractivity contribution in [2.24, 2.45) is 5.41 Å². The molecule has 0 aromatic carbocycles. The van der Waals surface area contributed by atoms with Gasteiger partial charge in [-0.3, -0.25) is 9.59 Å². The Labute approximate surface area is 113 Å². The zero-order valence-corrected chi connectivity index (χ0v) is 12.3. The number of carbonyl (C=O) groups excluding carboxylic acids is 1. The van der Waals surface area contributed by atoms with E-state index >= 15 is 0 Å². The molecule has 0 fully saturated rings. The number of carbonyl (C=O) groups is 2. The Balaban J connectivity index is 3.55. The minimum Gasteiger partial charge on any atom is -0.480 e. The second-order valence-electron chi connectivity index (χ2n) is 4.74. The number of rotatable bonds is 10. The molecule has 0 rings (SSSR count). The molecule has 5 heteroatoms. The number of carboxylic acids is 1. The van der Waals surface area contributed by atoms with Crippen molar-refractivity contribution in [3.8, 4) is 0 Å². The lowest BCUT2D eigenvalue weighted by atomic mass is 9.96. The molecule has 0 heterocycles. The highest BCUT2D eigenvalue weighted by Crippen LogP contribution is 2.24. The smallest absolute Gasteiger partial charge is 0.317 e. The SMILES string of the molecule is CCCCCCOCCSC(=O)C(C)(C)C(=O)O. The standard InChI is InChI=1S/C13H24O4S/c1-4-5-6-7-8-17-9-10-18-12(16)13(2,3)11(14)15/h4-10H2,1-3H3,(H,14,15). The van der Waals surface area contributed by atoms with Crippen LogP contribution in [0.4, 0.5) is 0 Å². The van der Waals surface area contributed by atoms with E-state index in [-0.39, 0.29) is 5.12 Å². The largest absolute Gasteiger partial charge is 0.480 e. The van der Waals surface area contributed by atoms with Crippen LogP contribution in [0.15, 0.2) is 0 Å². The van der Waals surface area contributed by atoms with Crippen LogP contribution >= 0.6 is 11.8 Å². The molecule has 0 aromatic rings. The third kappa shape index (κ3) is 7.01. The summed E-state index contributed by atoms with van der Waals surface area (Å²) in [5.74, 6) is -0.566. The van der Waals surface area contributed by atoms with Gasteiger partial charge in [0.05, 0.1) is 6.61 Å². The minimum atomic E-state index is -1.31. The number of aliphatic carboxylic acids is 1. The van der Waals surface area contributed by atoms with Gasteiger partial charge in [0.25, 0.3) is 0 Å². The molecule has 0 bridgehead atoms. The van der Waals surface area contributed by atoms with Crippen molar-refractivity contribution in [2.45, 2.75) is 46.5 Å². The summed E-state index contributed by atoms with van der Waals surface area (Å²) in [6.07, 6.45) is 4.65. The average Bonchev–Trinajstić information content (AvgIpc) is 2.32. The number of hydrogen-bond acceptors (Lipinski definition) is 4. The van der Waals surface area contributed by atoms with Gasteiger partial charge in [0.2, 0.25) is 5.12 Å². The fourth-order valence-corrected chi connectivity index (χ4v) is 2.03. The van der Waals surface area contributed by atoms with Crippen molar-refractivity contribution < 1.29 is 19.4 Å². The molecule has 106 valence electrons. The lowest BCUT2D eigenvalue weighted by Gasteiger charge is -2.16. The van der Waals surface area contributed by atoms with E-state index < -0.39 is 11.4 Å². The maximum Gasteiger partial charge on any atom is 0.317 e. The van der Waals surface area contributed by atoms with Crippen LogP contribution in [0.5, 0.6) is 0 Å². The van der Waals surface area contributed by atoms with Gasteiger partial charge in [-0.25, -0.2) is 0 Å². The second-order valence-corrected chi connectivity index (χ2v) is 5.81. The van der Waals surface area contributed by atoms with Gasteiger partial charge in [0.1, 0.15) is 5.41 Å². The lowest BCUT2D eigenvalue weighted by Crippen LogP contribution is -2.31. The predicted octanol–water partition coefficient (Wildman–Crippen LogP) is 2.95. The predicted molar refractivity (Wildman–Crippen MR) is 73.8 cm³/mol. The van der Waals surface area contributed by atoms with Gasteiger partial charge in [-0.2, -0.15) is 0 Å². The third-order valence-electron chi connectivity index (χ3n) is 2.65. The number of unbranched alkanes of at least 4 members (excludes halogenated alkanes) is 3. The molecule has 0 aliphatic heterocycles. The van der Waals surface area contributed by atoms with Crippen LogP contribution in [0.25, 0.3) is 0 Å². The highest BCUT2D eigenvalue weighted by atomic mass is 32.2. The molecular weight excluding hydrogens is 252 g/mol. The van der Waals surface area contributed by atoms with Crippen LogP contribution in [0, 0.1) is 5.41 Å². The number of carboxylic acid groups (broad SMARTS) is 1. The Morgan fingerprint density at radius 3 is 2.39 bits per heavy atom. The van der Waals surface area contributed by atoms with E-state index in [2.05, 4.69) is 6.92 Å². The lowest BCUT2D eigenvalue weighted by molar-refractivity contribution is -0.149. The maximum atomic E-state index is 11.6. The van der Waals surface area contributed by atoms with Gasteiger partial charge in [-0.15, -0.1) is 0 Å². The van der Waals surface area contributed by atoms with Crippen molar-refractivity contribution in [1.82, 2.24) is 0 Å². The second kappa shape index (κ2) is 9.39. The van der Waals surface area contributed by atoms with E-state index in [0.29, 0.717) is 12.4 Å². The van der Waals surface area contributed by atoms with E-state index in [1.165, 1.54) is 33.1 Å². The Hall–Kier alpha value is -0.550. The van der Waals surface area contributed by atoms with Gasteiger partial charge in [-0.05, 0) is 20.3 Å². The Kier molecular flexibility index (Phi) is 9.10. The van der Waals surface area contributed by atoms with Crippen molar-refractivity contribution in [3.63, 3.8) is 0 Å². The number of hydrogen-bond donors (Lipinski definition) is 1. The molecule has 0 amide bonds. The normalized spacial score (nSPS) is 11.5. The molecule has 0 spiro atoms. The van der Waals surface area contributed by atoms with Gasteiger partial charge >= 0.3 is 5.97 Å². The Bertz CT molecular complexity index is 264. The highest BCUT2D eigenvalue weighted by molar-refractivity contribution is 8.13. The number of ether oxygens (including phenoxy) is 1. The fourth-order valence-electron chi connectivity index (χ4n) is 1.19. The molecule has 4 nitrogen and oxygen atoms in total. The first-order chi connectivity index (χ1) is 8.42. The van der Waals surface area contributed by atoms with Gasteiger partial charge in [-0.1, -0.05) is 37.9 Å². The van der Waals surface area contributed by atoms with Gasteiger partial charge in [0.15, 0.2) is 0 Å². The zero-order chi connectivity index (χ0) is 14.0. The summed E-state index contributed by atoms with van der Waals surface area (Å²) in [5.41, 5.74) is -1.31. The molecular formula is C13H24O4S. The summed E-state index contributed by atoms with van der Waals surface area (Å²) in [5, 5.41) is 8.55. The van der Waals surface area contributed by atoms with Crippen molar-refractivity contribution in [3.05, 3.63) is 0 Å². The van der Waals surface area contributed by atoms with Crippen molar-refractivity contribution >= 4 is 22.8 Å². The molecule has 18 heavy (non-hydrogen) atoms.